The lowest BCUT2D eigenvalue weighted by Crippen LogP contribution is -2.45. The van der Waals surface area contributed by atoms with Gasteiger partial charge in [0, 0.05) is 23.7 Å². The van der Waals surface area contributed by atoms with Crippen molar-refractivity contribution in [3.63, 3.8) is 0 Å². The first kappa shape index (κ1) is 19.2. The SMILES string of the molecule is CN1OC2(N=C1N)c1cc(-c3cccc(N)c3)ccc1CC21CCOc2ccccc2C1. The summed E-state index contributed by atoms with van der Waals surface area (Å²) in [6, 6.07) is 22.8. The van der Waals surface area contributed by atoms with Crippen LogP contribution in [0.15, 0.2) is 71.7 Å². The molecule has 3 aromatic rings. The molecule has 3 aromatic carbocycles. The molecule has 0 radical (unpaired) electrons. The average Bonchev–Trinajstić information content (AvgIpc) is 3.13. The number of benzene rings is 3. The normalized spacial score (nSPS) is 25.9. The molecule has 2 heterocycles. The van der Waals surface area contributed by atoms with Crippen molar-refractivity contribution in [3.8, 4) is 16.9 Å². The third-order valence-corrected chi connectivity index (χ3v) is 7.15. The number of hydroxylamine groups is 2. The van der Waals surface area contributed by atoms with Crippen molar-refractivity contribution in [1.82, 2.24) is 5.06 Å². The molecule has 2 atom stereocenters. The van der Waals surface area contributed by atoms with E-state index in [4.69, 9.17) is 26.0 Å². The van der Waals surface area contributed by atoms with Gasteiger partial charge in [-0.15, -0.1) is 0 Å². The van der Waals surface area contributed by atoms with E-state index < -0.39 is 5.72 Å². The van der Waals surface area contributed by atoms with E-state index in [2.05, 4.69) is 36.4 Å². The second-order valence-electron chi connectivity index (χ2n) is 9.04. The second-order valence-corrected chi connectivity index (χ2v) is 9.04. The number of nitrogen functional groups attached to an aromatic ring is 1. The summed E-state index contributed by atoms with van der Waals surface area (Å²) in [4.78, 5) is 11.6. The van der Waals surface area contributed by atoms with E-state index in [-0.39, 0.29) is 5.41 Å². The van der Waals surface area contributed by atoms with E-state index in [1.54, 1.807) is 5.06 Å². The number of guanidine groups is 1. The number of ether oxygens (including phenoxy) is 1. The fourth-order valence-electron chi connectivity index (χ4n) is 5.58. The number of para-hydroxylation sites is 1. The molecular formula is C26H26N4O2. The molecule has 4 N–H and O–H groups in total. The van der Waals surface area contributed by atoms with Crippen LogP contribution >= 0.6 is 0 Å². The lowest BCUT2D eigenvalue weighted by Gasteiger charge is -2.40. The fraction of sp³-hybridized carbons (Fsp3) is 0.269. The highest BCUT2D eigenvalue weighted by molar-refractivity contribution is 5.79. The highest BCUT2D eigenvalue weighted by atomic mass is 16.7. The minimum Gasteiger partial charge on any atom is -0.493 e. The van der Waals surface area contributed by atoms with Gasteiger partial charge in [0.25, 0.3) is 0 Å². The molecule has 162 valence electrons. The number of nitrogens with two attached hydrogens (primary N) is 2. The Morgan fingerprint density at radius 2 is 1.72 bits per heavy atom. The van der Waals surface area contributed by atoms with Crippen LogP contribution in [0.3, 0.4) is 0 Å². The van der Waals surface area contributed by atoms with Crippen LogP contribution in [0, 0.1) is 5.41 Å². The van der Waals surface area contributed by atoms with Gasteiger partial charge in [0.1, 0.15) is 5.75 Å². The predicted molar refractivity (Wildman–Crippen MR) is 125 cm³/mol. The molecule has 2 aliphatic heterocycles. The predicted octanol–water partition coefficient (Wildman–Crippen LogP) is 3.85. The summed E-state index contributed by atoms with van der Waals surface area (Å²) in [5.74, 6) is 1.34. The number of fused-ring (bicyclic) bond motifs is 4. The summed E-state index contributed by atoms with van der Waals surface area (Å²) in [5.41, 5.74) is 17.5. The Bertz CT molecular complexity index is 1260. The van der Waals surface area contributed by atoms with Gasteiger partial charge in [-0.25, -0.2) is 14.9 Å². The Kier molecular flexibility index (Phi) is 4.04. The zero-order chi connectivity index (χ0) is 21.9. The van der Waals surface area contributed by atoms with E-state index >= 15 is 0 Å². The van der Waals surface area contributed by atoms with Crippen molar-refractivity contribution < 1.29 is 9.57 Å². The zero-order valence-electron chi connectivity index (χ0n) is 18.0. The van der Waals surface area contributed by atoms with Gasteiger partial charge in [-0.2, -0.15) is 0 Å². The monoisotopic (exact) mass is 426 g/mol. The summed E-state index contributed by atoms with van der Waals surface area (Å²) in [6.07, 6.45) is 2.46. The van der Waals surface area contributed by atoms with Gasteiger partial charge in [0.15, 0.2) is 0 Å². The summed E-state index contributed by atoms with van der Waals surface area (Å²) < 4.78 is 6.13. The van der Waals surface area contributed by atoms with Gasteiger partial charge in [-0.3, -0.25) is 0 Å². The first-order valence-electron chi connectivity index (χ1n) is 11.0. The molecule has 0 aromatic heterocycles. The Morgan fingerprint density at radius 1 is 0.906 bits per heavy atom. The first-order valence-corrected chi connectivity index (χ1v) is 11.0. The molecule has 6 nitrogen and oxygen atoms in total. The molecule has 0 saturated carbocycles. The van der Waals surface area contributed by atoms with Gasteiger partial charge >= 0.3 is 0 Å². The molecule has 2 spiro atoms. The molecule has 6 heteroatoms. The maximum Gasteiger partial charge on any atom is 0.221 e. The van der Waals surface area contributed by atoms with E-state index in [1.165, 1.54) is 11.1 Å². The molecule has 0 amide bonds. The van der Waals surface area contributed by atoms with E-state index in [9.17, 15) is 0 Å². The lowest BCUT2D eigenvalue weighted by atomic mass is 9.71. The number of hydrogen-bond donors (Lipinski definition) is 2. The van der Waals surface area contributed by atoms with Gasteiger partial charge in [-0.1, -0.05) is 42.5 Å². The maximum atomic E-state index is 6.55. The first-order chi connectivity index (χ1) is 15.5. The van der Waals surface area contributed by atoms with Crippen molar-refractivity contribution in [2.75, 3.05) is 19.4 Å². The summed E-state index contributed by atoms with van der Waals surface area (Å²) in [6.45, 7) is 0.608. The molecule has 1 aliphatic carbocycles. The molecule has 0 bridgehead atoms. The summed E-state index contributed by atoms with van der Waals surface area (Å²) in [7, 11) is 1.82. The number of aliphatic imine (C=N–C) groups is 1. The minimum atomic E-state index is -0.891. The van der Waals surface area contributed by atoms with Gasteiger partial charge in [0.2, 0.25) is 11.7 Å². The molecule has 32 heavy (non-hydrogen) atoms. The lowest BCUT2D eigenvalue weighted by molar-refractivity contribution is -0.223. The topological polar surface area (TPSA) is 86.1 Å². The average molecular weight is 427 g/mol. The summed E-state index contributed by atoms with van der Waals surface area (Å²) in [5, 5.41) is 1.60. The van der Waals surface area contributed by atoms with Crippen LogP contribution in [0.2, 0.25) is 0 Å². The highest BCUT2D eigenvalue weighted by Crippen LogP contribution is 2.60. The molecule has 0 saturated heterocycles. The third-order valence-electron chi connectivity index (χ3n) is 7.15. The van der Waals surface area contributed by atoms with Gasteiger partial charge in [0.05, 0.1) is 6.61 Å². The standard InChI is InChI=1S/C26H26N4O2/c1-30-24(28)29-26(32-30)22-14-18(17-6-4-7-21(27)13-17)9-10-19(22)15-25(26)11-12-31-23-8-3-2-5-20(23)16-25/h2-10,13-14H,11-12,15-16,27H2,1H3,(H2,28,29). The highest BCUT2D eigenvalue weighted by Gasteiger charge is 2.63. The second kappa shape index (κ2) is 6.74. The molecule has 3 aliphatic rings. The molecule has 2 unspecified atom stereocenters. The van der Waals surface area contributed by atoms with Crippen LogP contribution in [0.4, 0.5) is 5.69 Å². The summed E-state index contributed by atoms with van der Waals surface area (Å²) >= 11 is 0. The van der Waals surface area contributed by atoms with Crippen molar-refractivity contribution in [2.45, 2.75) is 25.0 Å². The Balaban J connectivity index is 1.53. The molecular weight excluding hydrogens is 400 g/mol. The minimum absolute atomic E-state index is 0.300. The van der Waals surface area contributed by atoms with Crippen LogP contribution in [0.25, 0.3) is 11.1 Å². The largest absolute Gasteiger partial charge is 0.493 e. The Labute approximate surface area is 187 Å². The van der Waals surface area contributed by atoms with E-state index in [1.807, 2.05) is 37.4 Å². The Hall–Kier alpha value is -3.51. The number of anilines is 1. The number of rotatable bonds is 1. The molecule has 0 fully saturated rings. The maximum absolute atomic E-state index is 6.55. The van der Waals surface area contributed by atoms with E-state index in [0.717, 1.165) is 47.4 Å². The van der Waals surface area contributed by atoms with Crippen molar-refractivity contribution in [1.29, 1.82) is 0 Å². The molecule has 6 rings (SSSR count). The van der Waals surface area contributed by atoms with Crippen LogP contribution < -0.4 is 16.2 Å². The van der Waals surface area contributed by atoms with E-state index in [0.29, 0.717) is 12.6 Å². The van der Waals surface area contributed by atoms with Crippen LogP contribution in [0.5, 0.6) is 5.75 Å². The Morgan fingerprint density at radius 3 is 2.53 bits per heavy atom. The van der Waals surface area contributed by atoms with Crippen LogP contribution in [-0.4, -0.2) is 24.7 Å². The van der Waals surface area contributed by atoms with Gasteiger partial charge < -0.3 is 16.2 Å². The third kappa shape index (κ3) is 2.66. The van der Waals surface area contributed by atoms with Crippen LogP contribution in [0.1, 0.15) is 23.1 Å². The number of hydrogen-bond acceptors (Lipinski definition) is 6. The zero-order valence-corrected chi connectivity index (χ0v) is 18.0. The fourth-order valence-corrected chi connectivity index (χ4v) is 5.58. The van der Waals surface area contributed by atoms with Crippen molar-refractivity contribution in [3.05, 3.63) is 83.4 Å². The van der Waals surface area contributed by atoms with Crippen molar-refractivity contribution >= 4 is 11.6 Å². The van der Waals surface area contributed by atoms with Crippen molar-refractivity contribution in [2.24, 2.45) is 16.1 Å². The van der Waals surface area contributed by atoms with Gasteiger partial charge in [-0.05, 0) is 65.8 Å². The number of nitrogens with zero attached hydrogens (tertiary/aromatic N) is 2. The quantitative estimate of drug-likeness (QED) is 0.578. The smallest absolute Gasteiger partial charge is 0.221 e. The van der Waals surface area contributed by atoms with Crippen LogP contribution in [-0.2, 0) is 23.4 Å².